The number of anilines is 2. The van der Waals surface area contributed by atoms with Crippen LogP contribution in [0, 0.1) is 13.8 Å². The molecule has 198 valence electrons. The summed E-state index contributed by atoms with van der Waals surface area (Å²) in [5.74, 6) is -1.76. The summed E-state index contributed by atoms with van der Waals surface area (Å²) in [6, 6.07) is 12.0. The number of ether oxygens (including phenoxy) is 2. The predicted molar refractivity (Wildman–Crippen MR) is 145 cm³/mol. The molecule has 2 amide bonds. The van der Waals surface area contributed by atoms with E-state index in [-0.39, 0.29) is 70.2 Å². The van der Waals surface area contributed by atoms with Crippen LogP contribution in [0.3, 0.4) is 0 Å². The van der Waals surface area contributed by atoms with E-state index in [0.717, 1.165) is 23.3 Å². The van der Waals surface area contributed by atoms with Gasteiger partial charge in [-0.1, -0.05) is 59.0 Å². The number of methoxy groups -OCH3 is 2. The molecule has 0 aromatic heterocycles. The second kappa shape index (κ2) is 16.3. The average molecular weight is 601 g/mol. The Kier molecular flexibility index (Phi) is 14.7. The van der Waals surface area contributed by atoms with Crippen LogP contribution in [-0.4, -0.2) is 26.0 Å². The molecule has 0 saturated heterocycles. The summed E-state index contributed by atoms with van der Waals surface area (Å²) in [6.45, 7) is 3.54. The molecule has 0 aliphatic carbocycles. The van der Waals surface area contributed by atoms with E-state index in [1.165, 1.54) is 38.5 Å². The Morgan fingerprint density at radius 3 is 1.32 bits per heavy atom. The quantitative estimate of drug-likeness (QED) is 0.181. The standard InChI is InChI=1S/C28H26Cl2N2O6.2Na/c1-15-9-21(25(37-3)11-19(15)29)31-27(35)13-23(33)17-5-7-18(8-6-17)24(34)14-28(36)32-22-10-16(2)20(30)12-26(22)38-4;;/h5-14,33-34H,1-4H3,(H,31,35)(H,32,36);;/q;2*+1/p-2. The van der Waals surface area contributed by atoms with Gasteiger partial charge >= 0.3 is 59.1 Å². The minimum atomic E-state index is -0.659. The SMILES string of the molecule is COc1cc(Cl)c(C)cc1NC(=O)C=C([O-])c1ccc(C([O-])=CC(=O)Nc2cc(C)c(Cl)cc2OC)cc1.[Na+].[Na+]. The molecule has 12 heteroatoms. The molecule has 0 aliphatic heterocycles. The van der Waals surface area contributed by atoms with Crippen LogP contribution in [0.15, 0.2) is 60.7 Å². The van der Waals surface area contributed by atoms with Crippen LogP contribution in [0.25, 0.3) is 11.5 Å². The Morgan fingerprint density at radius 1 is 0.700 bits per heavy atom. The molecule has 0 heterocycles. The molecular weight excluding hydrogens is 577 g/mol. The van der Waals surface area contributed by atoms with E-state index >= 15 is 0 Å². The number of aryl methyl sites for hydroxylation is 2. The van der Waals surface area contributed by atoms with Gasteiger partial charge in [-0.2, -0.15) is 0 Å². The predicted octanol–water partition coefficient (Wildman–Crippen LogP) is -1.68. The molecule has 0 fully saturated rings. The fourth-order valence-corrected chi connectivity index (χ4v) is 3.71. The van der Waals surface area contributed by atoms with Gasteiger partial charge in [-0.05, 0) is 60.4 Å². The molecule has 0 aliphatic rings. The van der Waals surface area contributed by atoms with E-state index < -0.39 is 23.3 Å². The number of hydrogen-bond donors (Lipinski definition) is 2. The second-order valence-electron chi connectivity index (χ2n) is 8.18. The van der Waals surface area contributed by atoms with E-state index in [0.29, 0.717) is 32.9 Å². The summed E-state index contributed by atoms with van der Waals surface area (Å²) in [5, 5.41) is 31.2. The summed E-state index contributed by atoms with van der Waals surface area (Å²) >= 11 is 12.2. The van der Waals surface area contributed by atoms with Gasteiger partial charge in [-0.3, -0.25) is 9.59 Å². The maximum Gasteiger partial charge on any atom is 1.00 e. The number of halogens is 2. The third-order valence-corrected chi connectivity index (χ3v) is 6.27. The Balaban J connectivity index is 0.00000400. The number of hydrogen-bond acceptors (Lipinski definition) is 6. The molecule has 0 radical (unpaired) electrons. The minimum absolute atomic E-state index is 0. The molecule has 0 atom stereocenters. The Morgan fingerprint density at radius 2 is 1.02 bits per heavy atom. The van der Waals surface area contributed by atoms with E-state index in [1.54, 1.807) is 38.1 Å². The molecule has 40 heavy (non-hydrogen) atoms. The van der Waals surface area contributed by atoms with E-state index in [1.807, 2.05) is 0 Å². The summed E-state index contributed by atoms with van der Waals surface area (Å²) in [4.78, 5) is 24.8. The van der Waals surface area contributed by atoms with Crippen molar-refractivity contribution in [2.24, 2.45) is 0 Å². The monoisotopic (exact) mass is 600 g/mol. The van der Waals surface area contributed by atoms with E-state index in [9.17, 15) is 19.8 Å². The average Bonchev–Trinajstić information content (AvgIpc) is 2.87. The van der Waals surface area contributed by atoms with Gasteiger partial charge in [0.15, 0.2) is 0 Å². The van der Waals surface area contributed by atoms with Gasteiger partial charge in [0.25, 0.3) is 0 Å². The molecule has 8 nitrogen and oxygen atoms in total. The van der Waals surface area contributed by atoms with Crippen LogP contribution in [0.2, 0.25) is 10.0 Å². The van der Waals surface area contributed by atoms with Gasteiger partial charge in [0.2, 0.25) is 11.8 Å². The Bertz CT molecular complexity index is 1340. The zero-order valence-corrected chi connectivity index (χ0v) is 28.5. The number of rotatable bonds is 8. The van der Waals surface area contributed by atoms with Crippen molar-refractivity contribution in [3.63, 3.8) is 0 Å². The van der Waals surface area contributed by atoms with Crippen LogP contribution >= 0.6 is 23.2 Å². The number of nitrogens with one attached hydrogen (secondary N) is 2. The summed E-state index contributed by atoms with van der Waals surface area (Å²) < 4.78 is 10.4. The maximum atomic E-state index is 12.5. The van der Waals surface area contributed by atoms with Gasteiger partial charge in [0, 0.05) is 22.2 Å². The first-order valence-corrected chi connectivity index (χ1v) is 12.0. The van der Waals surface area contributed by atoms with Crippen LogP contribution in [0.4, 0.5) is 11.4 Å². The first-order chi connectivity index (χ1) is 18.0. The molecule has 2 N–H and O–H groups in total. The van der Waals surface area contributed by atoms with Gasteiger partial charge in [0.05, 0.1) is 25.6 Å². The Labute approximate surface area is 286 Å². The second-order valence-corrected chi connectivity index (χ2v) is 8.99. The van der Waals surface area contributed by atoms with Gasteiger partial charge in [-0.25, -0.2) is 0 Å². The molecule has 0 bridgehead atoms. The summed E-state index contributed by atoms with van der Waals surface area (Å²) in [6.07, 6.45) is 1.78. The summed E-state index contributed by atoms with van der Waals surface area (Å²) in [5.41, 5.74) is 2.54. The number of amides is 2. The van der Waals surface area contributed by atoms with Gasteiger partial charge in [-0.15, -0.1) is 0 Å². The van der Waals surface area contributed by atoms with Crippen molar-refractivity contribution in [3.05, 3.63) is 93.0 Å². The smallest absolute Gasteiger partial charge is 0.872 e. The fraction of sp³-hybridized carbons (Fsp3) is 0.143. The van der Waals surface area contributed by atoms with Crippen molar-refractivity contribution in [1.82, 2.24) is 0 Å². The van der Waals surface area contributed by atoms with Crippen molar-refractivity contribution in [1.29, 1.82) is 0 Å². The normalized spacial score (nSPS) is 11.1. The van der Waals surface area contributed by atoms with Crippen molar-refractivity contribution >= 4 is 57.9 Å². The molecule has 0 saturated carbocycles. The van der Waals surface area contributed by atoms with Crippen molar-refractivity contribution in [2.75, 3.05) is 24.9 Å². The van der Waals surface area contributed by atoms with Gasteiger partial charge < -0.3 is 30.3 Å². The van der Waals surface area contributed by atoms with Crippen LogP contribution in [0.5, 0.6) is 11.5 Å². The Hall–Kier alpha value is -2.14. The molecular formula is C28H24Cl2N2Na2O6. The zero-order chi connectivity index (χ0) is 28.0. The van der Waals surface area contributed by atoms with Crippen molar-refractivity contribution < 1.29 is 88.4 Å². The maximum absolute atomic E-state index is 12.5. The van der Waals surface area contributed by atoms with Crippen LogP contribution in [-0.2, 0) is 9.59 Å². The number of carbonyl (C=O) groups excluding carboxylic acids is 2. The largest absolute Gasteiger partial charge is 1.00 e. The van der Waals surface area contributed by atoms with Crippen LogP contribution < -0.4 is 89.4 Å². The number of carbonyl (C=O) groups is 2. The van der Waals surface area contributed by atoms with Crippen molar-refractivity contribution in [2.45, 2.75) is 13.8 Å². The number of benzene rings is 3. The zero-order valence-electron chi connectivity index (χ0n) is 23.0. The third-order valence-electron chi connectivity index (χ3n) is 5.46. The first-order valence-electron chi connectivity index (χ1n) is 11.2. The molecule has 0 unspecified atom stereocenters. The topological polar surface area (TPSA) is 123 Å². The molecule has 0 spiro atoms. The van der Waals surface area contributed by atoms with E-state index in [4.69, 9.17) is 32.7 Å². The van der Waals surface area contributed by atoms with Crippen LogP contribution in [0.1, 0.15) is 22.3 Å². The fourth-order valence-electron chi connectivity index (χ4n) is 3.40. The minimum Gasteiger partial charge on any atom is -0.872 e. The molecule has 3 rings (SSSR count). The van der Waals surface area contributed by atoms with E-state index in [2.05, 4.69) is 10.6 Å². The van der Waals surface area contributed by atoms with Gasteiger partial charge in [0.1, 0.15) is 11.5 Å². The third kappa shape index (κ3) is 9.46. The van der Waals surface area contributed by atoms with Crippen molar-refractivity contribution in [3.8, 4) is 11.5 Å². The first kappa shape index (κ1) is 35.9. The molecule has 3 aromatic rings. The summed E-state index contributed by atoms with van der Waals surface area (Å²) in [7, 11) is 2.87. The molecule has 3 aromatic carbocycles.